The average Bonchev–Trinajstić information content (AvgIpc) is 2.16. The van der Waals surface area contributed by atoms with Crippen LogP contribution in [0.25, 0.3) is 0 Å². The van der Waals surface area contributed by atoms with Gasteiger partial charge in [-0.3, -0.25) is 19.7 Å². The third-order valence-electron chi connectivity index (χ3n) is 1.96. The molecule has 6 nitrogen and oxygen atoms in total. The van der Waals surface area contributed by atoms with Crippen molar-refractivity contribution in [3.8, 4) is 0 Å². The third kappa shape index (κ3) is 3.67. The minimum atomic E-state index is -0.434. The molecule has 3 amide bonds. The highest BCUT2D eigenvalue weighted by molar-refractivity contribution is 6.02. The van der Waals surface area contributed by atoms with Crippen LogP contribution < -0.4 is 5.32 Å². The minimum Gasteiger partial charge on any atom is -0.381 e. The number of imide groups is 1. The molecule has 0 unspecified atom stereocenters. The maximum absolute atomic E-state index is 11.5. The third-order valence-corrected chi connectivity index (χ3v) is 1.96. The highest BCUT2D eigenvalue weighted by Crippen LogP contribution is 1.99. The summed E-state index contributed by atoms with van der Waals surface area (Å²) >= 11 is 0. The number of carbonyl (C=O) groups is 3. The van der Waals surface area contributed by atoms with Crippen molar-refractivity contribution < 1.29 is 19.1 Å². The van der Waals surface area contributed by atoms with Crippen LogP contribution in [-0.4, -0.2) is 48.9 Å². The molecular weight excluding hydrogens is 200 g/mol. The monoisotopic (exact) mass is 214 g/mol. The zero-order valence-electron chi connectivity index (χ0n) is 8.62. The van der Waals surface area contributed by atoms with Crippen molar-refractivity contribution in [2.45, 2.75) is 13.3 Å². The van der Waals surface area contributed by atoms with E-state index in [1.54, 1.807) is 0 Å². The number of carbonyl (C=O) groups excluding carboxylic acids is 3. The molecule has 0 aromatic heterocycles. The SMILES string of the molecule is CCOCCC(=O)N1CC(=O)NC(=O)C1. The van der Waals surface area contributed by atoms with Crippen LogP contribution in [-0.2, 0) is 19.1 Å². The molecule has 0 aromatic rings. The Balaban J connectivity index is 2.38. The number of amides is 3. The first-order valence-electron chi connectivity index (χ1n) is 4.81. The Bertz CT molecular complexity index is 261. The molecule has 1 aliphatic heterocycles. The van der Waals surface area contributed by atoms with Gasteiger partial charge in [0.25, 0.3) is 0 Å². The van der Waals surface area contributed by atoms with Crippen molar-refractivity contribution in [3.05, 3.63) is 0 Å². The van der Waals surface area contributed by atoms with E-state index < -0.39 is 11.8 Å². The first-order valence-corrected chi connectivity index (χ1v) is 4.81. The topological polar surface area (TPSA) is 75.7 Å². The fraction of sp³-hybridized carbons (Fsp3) is 0.667. The van der Waals surface area contributed by atoms with Crippen molar-refractivity contribution >= 4 is 17.7 Å². The van der Waals surface area contributed by atoms with E-state index in [1.807, 2.05) is 6.92 Å². The molecule has 0 bridgehead atoms. The lowest BCUT2D eigenvalue weighted by Crippen LogP contribution is -2.53. The van der Waals surface area contributed by atoms with Crippen molar-refractivity contribution in [2.24, 2.45) is 0 Å². The molecule has 0 atom stereocenters. The second-order valence-electron chi connectivity index (χ2n) is 3.17. The van der Waals surface area contributed by atoms with Crippen LogP contribution in [0.3, 0.4) is 0 Å². The van der Waals surface area contributed by atoms with Crippen LogP contribution in [0.2, 0.25) is 0 Å². The summed E-state index contributed by atoms with van der Waals surface area (Å²) in [6, 6.07) is 0. The van der Waals surface area contributed by atoms with Gasteiger partial charge < -0.3 is 9.64 Å². The maximum Gasteiger partial charge on any atom is 0.246 e. The van der Waals surface area contributed by atoms with Gasteiger partial charge in [0.15, 0.2) is 0 Å². The van der Waals surface area contributed by atoms with Gasteiger partial charge in [0, 0.05) is 6.61 Å². The van der Waals surface area contributed by atoms with E-state index in [9.17, 15) is 14.4 Å². The molecule has 0 radical (unpaired) electrons. The molecule has 0 spiro atoms. The van der Waals surface area contributed by atoms with Gasteiger partial charge in [-0.05, 0) is 6.92 Å². The second kappa shape index (κ2) is 5.45. The smallest absolute Gasteiger partial charge is 0.246 e. The Kier molecular flexibility index (Phi) is 4.23. The van der Waals surface area contributed by atoms with Gasteiger partial charge >= 0.3 is 0 Å². The summed E-state index contributed by atoms with van der Waals surface area (Å²) in [7, 11) is 0. The quantitative estimate of drug-likeness (QED) is 0.476. The first-order chi connectivity index (χ1) is 7.13. The molecule has 1 fully saturated rings. The number of hydrogen-bond donors (Lipinski definition) is 1. The van der Waals surface area contributed by atoms with E-state index >= 15 is 0 Å². The number of ether oxygens (including phenoxy) is 1. The van der Waals surface area contributed by atoms with Crippen molar-refractivity contribution in [1.82, 2.24) is 10.2 Å². The van der Waals surface area contributed by atoms with Crippen LogP contribution in [0.1, 0.15) is 13.3 Å². The summed E-state index contributed by atoms with van der Waals surface area (Å²) in [6.07, 6.45) is 0.203. The number of hydrogen-bond acceptors (Lipinski definition) is 4. The molecule has 1 N–H and O–H groups in total. The summed E-state index contributed by atoms with van der Waals surface area (Å²) < 4.78 is 5.02. The van der Waals surface area contributed by atoms with Crippen LogP contribution >= 0.6 is 0 Å². The normalized spacial score (nSPS) is 16.5. The molecule has 84 valence electrons. The fourth-order valence-corrected chi connectivity index (χ4v) is 1.28. The Morgan fingerprint density at radius 2 is 2.00 bits per heavy atom. The maximum atomic E-state index is 11.5. The average molecular weight is 214 g/mol. The predicted octanol–water partition coefficient (Wildman–Crippen LogP) is -1.10. The lowest BCUT2D eigenvalue weighted by atomic mass is 10.3. The van der Waals surface area contributed by atoms with Crippen molar-refractivity contribution in [2.75, 3.05) is 26.3 Å². The van der Waals surface area contributed by atoms with E-state index in [4.69, 9.17) is 4.74 Å². The summed E-state index contributed by atoms with van der Waals surface area (Å²) in [4.78, 5) is 34.6. The van der Waals surface area contributed by atoms with Crippen LogP contribution in [0, 0.1) is 0 Å². The number of nitrogens with one attached hydrogen (secondary N) is 1. The van der Waals surface area contributed by atoms with E-state index in [-0.39, 0.29) is 25.4 Å². The fourth-order valence-electron chi connectivity index (χ4n) is 1.28. The molecule has 0 saturated carbocycles. The van der Waals surface area contributed by atoms with Gasteiger partial charge in [0.05, 0.1) is 13.0 Å². The van der Waals surface area contributed by atoms with Gasteiger partial charge in [-0.1, -0.05) is 0 Å². The highest BCUT2D eigenvalue weighted by atomic mass is 16.5. The van der Waals surface area contributed by atoms with Crippen LogP contribution in [0.15, 0.2) is 0 Å². The molecule has 1 heterocycles. The summed E-state index contributed by atoms with van der Waals surface area (Å²) in [5.74, 6) is -1.10. The van der Waals surface area contributed by atoms with E-state index in [0.29, 0.717) is 13.2 Å². The van der Waals surface area contributed by atoms with Crippen molar-refractivity contribution in [1.29, 1.82) is 0 Å². The standard InChI is InChI=1S/C9H14N2O4/c1-2-15-4-3-9(14)11-5-7(12)10-8(13)6-11/h2-6H2,1H3,(H,10,12,13). The first kappa shape index (κ1) is 11.6. The molecule has 1 aliphatic rings. The number of nitrogens with zero attached hydrogens (tertiary/aromatic N) is 1. The second-order valence-corrected chi connectivity index (χ2v) is 3.17. The largest absolute Gasteiger partial charge is 0.381 e. The highest BCUT2D eigenvalue weighted by Gasteiger charge is 2.25. The lowest BCUT2D eigenvalue weighted by Gasteiger charge is -2.25. The number of piperazine rings is 1. The van der Waals surface area contributed by atoms with E-state index in [0.717, 1.165) is 0 Å². The Hall–Kier alpha value is -1.43. The Labute approximate surface area is 87.6 Å². The minimum absolute atomic E-state index is 0.0449. The summed E-state index contributed by atoms with van der Waals surface area (Å²) in [5, 5.41) is 2.13. The van der Waals surface area contributed by atoms with Crippen LogP contribution in [0.4, 0.5) is 0 Å². The van der Waals surface area contributed by atoms with Gasteiger partial charge in [-0.2, -0.15) is 0 Å². The van der Waals surface area contributed by atoms with Gasteiger partial charge in [0.1, 0.15) is 13.1 Å². The van der Waals surface area contributed by atoms with Gasteiger partial charge in [-0.15, -0.1) is 0 Å². The van der Waals surface area contributed by atoms with E-state index in [2.05, 4.69) is 5.32 Å². The zero-order chi connectivity index (χ0) is 11.3. The zero-order valence-corrected chi connectivity index (χ0v) is 8.62. The van der Waals surface area contributed by atoms with Gasteiger partial charge in [-0.25, -0.2) is 0 Å². The summed E-state index contributed by atoms with van der Waals surface area (Å²) in [5.41, 5.74) is 0. The molecular formula is C9H14N2O4. The Morgan fingerprint density at radius 3 is 2.53 bits per heavy atom. The molecule has 0 aliphatic carbocycles. The molecule has 6 heteroatoms. The lowest BCUT2D eigenvalue weighted by molar-refractivity contribution is -0.145. The van der Waals surface area contributed by atoms with Crippen molar-refractivity contribution in [3.63, 3.8) is 0 Å². The van der Waals surface area contributed by atoms with Crippen LogP contribution in [0.5, 0.6) is 0 Å². The van der Waals surface area contributed by atoms with E-state index in [1.165, 1.54) is 4.90 Å². The molecule has 0 aromatic carbocycles. The number of rotatable bonds is 4. The molecule has 15 heavy (non-hydrogen) atoms. The van der Waals surface area contributed by atoms with Gasteiger partial charge in [0.2, 0.25) is 17.7 Å². The Morgan fingerprint density at radius 1 is 1.40 bits per heavy atom. The summed E-state index contributed by atoms with van der Waals surface area (Å²) in [6.45, 7) is 2.62. The molecule has 1 rings (SSSR count). The predicted molar refractivity (Wildman–Crippen MR) is 50.8 cm³/mol. The molecule has 1 saturated heterocycles.